The maximum absolute atomic E-state index is 12.3. The summed E-state index contributed by atoms with van der Waals surface area (Å²) >= 11 is 2.96. The number of hydrogen-bond donors (Lipinski definition) is 0. The quantitative estimate of drug-likeness (QED) is 0.695. The zero-order valence-corrected chi connectivity index (χ0v) is 9.11. The highest BCUT2D eigenvalue weighted by Gasteiger charge is 2.18. The van der Waals surface area contributed by atoms with Crippen LogP contribution in [0.15, 0.2) is 18.2 Å². The molecule has 1 aromatic rings. The molecule has 1 atom stereocenters. The second-order valence-corrected chi connectivity index (χ2v) is 4.07. The van der Waals surface area contributed by atoms with Crippen LogP contribution in [0.3, 0.4) is 0 Å². The first kappa shape index (κ1) is 10.6. The molecule has 0 amide bonds. The summed E-state index contributed by atoms with van der Waals surface area (Å²) in [6.07, 6.45) is -2.36. The molecule has 0 saturated carbocycles. The van der Waals surface area contributed by atoms with Gasteiger partial charge in [-0.3, -0.25) is 0 Å². The van der Waals surface area contributed by atoms with Gasteiger partial charge in [-0.15, -0.1) is 0 Å². The van der Waals surface area contributed by atoms with Gasteiger partial charge < -0.3 is 0 Å². The Labute approximate surface area is 85.1 Å². The fourth-order valence-electron chi connectivity index (χ4n) is 1.08. The third-order valence-electron chi connectivity index (χ3n) is 2.07. The molecule has 1 rings (SSSR count). The molecule has 0 radical (unpaired) electrons. The number of rotatable bonds is 2. The number of hydrogen-bond acceptors (Lipinski definition) is 0. The lowest BCUT2D eigenvalue weighted by molar-refractivity contribution is 0.147. The highest BCUT2D eigenvalue weighted by Crippen LogP contribution is 2.30. The molecule has 0 aliphatic heterocycles. The van der Waals surface area contributed by atoms with Crippen LogP contribution in [0.25, 0.3) is 0 Å². The topological polar surface area (TPSA) is 0 Å². The van der Waals surface area contributed by atoms with Crippen molar-refractivity contribution in [3.63, 3.8) is 0 Å². The summed E-state index contributed by atoms with van der Waals surface area (Å²) in [5.74, 6) is 0. The summed E-state index contributed by atoms with van der Waals surface area (Å²) in [7, 11) is 0. The van der Waals surface area contributed by atoms with Crippen molar-refractivity contribution in [2.24, 2.45) is 0 Å². The van der Waals surface area contributed by atoms with Crippen molar-refractivity contribution in [1.82, 2.24) is 0 Å². The predicted octanol–water partition coefficient (Wildman–Crippen LogP) is 4.00. The fourth-order valence-corrected chi connectivity index (χ4v) is 1.37. The van der Waals surface area contributed by atoms with Crippen LogP contribution in [-0.4, -0.2) is 6.43 Å². The Bertz CT molecular complexity index is 297. The van der Waals surface area contributed by atoms with E-state index < -0.39 is 11.3 Å². The molecule has 0 aromatic heterocycles. The third kappa shape index (κ3) is 2.50. The lowest BCUT2D eigenvalue weighted by atomic mass is 10.0. The minimum Gasteiger partial charge on any atom is -0.209 e. The maximum atomic E-state index is 12.3. The van der Waals surface area contributed by atoms with Crippen LogP contribution in [0.4, 0.5) is 8.78 Å². The van der Waals surface area contributed by atoms with Gasteiger partial charge in [0.15, 0.2) is 0 Å². The summed E-state index contributed by atoms with van der Waals surface area (Å²) in [6, 6.07) is 5.39. The molecule has 0 heterocycles. The van der Waals surface area contributed by atoms with Gasteiger partial charge in [-0.2, -0.15) is 0 Å². The van der Waals surface area contributed by atoms with E-state index in [4.69, 9.17) is 0 Å². The van der Waals surface area contributed by atoms with E-state index in [1.165, 1.54) is 0 Å². The van der Waals surface area contributed by atoms with Gasteiger partial charge in [0, 0.05) is 0 Å². The van der Waals surface area contributed by atoms with E-state index in [0.29, 0.717) is 5.56 Å². The smallest absolute Gasteiger partial charge is 0.209 e. The van der Waals surface area contributed by atoms with E-state index >= 15 is 0 Å². The van der Waals surface area contributed by atoms with Crippen LogP contribution in [0.1, 0.15) is 21.5 Å². The van der Waals surface area contributed by atoms with Gasteiger partial charge in [-0.05, 0) is 30.5 Å². The van der Waals surface area contributed by atoms with Gasteiger partial charge in [0.25, 0.3) is 6.43 Å². The number of benzene rings is 1. The summed E-state index contributed by atoms with van der Waals surface area (Å²) in [5, 5.41) is 0. The van der Waals surface area contributed by atoms with Crippen LogP contribution < -0.4 is 0 Å². The summed E-state index contributed by atoms with van der Waals surface area (Å²) in [6.45, 7) is 3.88. The second kappa shape index (κ2) is 4.18. The Morgan fingerprint density at radius 3 is 2.23 bits per heavy atom. The zero-order valence-electron chi connectivity index (χ0n) is 7.52. The highest BCUT2D eigenvalue weighted by molar-refractivity contribution is 9.09. The Morgan fingerprint density at radius 1 is 1.15 bits per heavy atom. The van der Waals surface area contributed by atoms with Crippen molar-refractivity contribution in [2.75, 3.05) is 0 Å². The molecule has 3 heteroatoms. The van der Waals surface area contributed by atoms with Crippen LogP contribution in [0.5, 0.6) is 0 Å². The minimum atomic E-state index is -2.36. The Hall–Kier alpha value is -0.440. The van der Waals surface area contributed by atoms with Gasteiger partial charge in [0.2, 0.25) is 0 Å². The van der Waals surface area contributed by atoms with E-state index in [1.807, 2.05) is 19.9 Å². The molecule has 0 fully saturated rings. The zero-order chi connectivity index (χ0) is 10.0. The summed E-state index contributed by atoms with van der Waals surface area (Å²) in [5.41, 5.74) is 2.80. The molecule has 0 saturated heterocycles. The number of aryl methyl sites for hydroxylation is 2. The first-order valence-corrected chi connectivity index (χ1v) is 4.93. The molecule has 0 bridgehead atoms. The molecule has 1 aromatic carbocycles. The third-order valence-corrected chi connectivity index (χ3v) is 3.00. The summed E-state index contributed by atoms with van der Waals surface area (Å²) in [4.78, 5) is -0.855. The van der Waals surface area contributed by atoms with Crippen molar-refractivity contribution in [3.05, 3.63) is 34.9 Å². The number of alkyl halides is 3. The first-order chi connectivity index (χ1) is 6.02. The van der Waals surface area contributed by atoms with E-state index in [0.717, 1.165) is 11.1 Å². The summed E-state index contributed by atoms with van der Waals surface area (Å²) < 4.78 is 24.6. The first-order valence-electron chi connectivity index (χ1n) is 4.01. The Balaban J connectivity index is 2.97. The molecule has 0 spiro atoms. The van der Waals surface area contributed by atoms with Crippen LogP contribution in [0, 0.1) is 13.8 Å². The van der Waals surface area contributed by atoms with E-state index in [9.17, 15) is 8.78 Å². The molecule has 72 valence electrons. The van der Waals surface area contributed by atoms with Gasteiger partial charge in [-0.1, -0.05) is 34.1 Å². The minimum absolute atomic E-state index is 0.637. The molecular weight excluding hydrogens is 238 g/mol. The normalized spacial score (nSPS) is 13.4. The molecule has 0 aliphatic rings. The van der Waals surface area contributed by atoms with E-state index in [1.54, 1.807) is 12.1 Å². The SMILES string of the molecule is Cc1ccc(C(Br)C(F)F)cc1C. The van der Waals surface area contributed by atoms with Crippen molar-refractivity contribution < 1.29 is 8.78 Å². The van der Waals surface area contributed by atoms with Crippen LogP contribution >= 0.6 is 15.9 Å². The molecule has 0 N–H and O–H groups in total. The number of halogens is 3. The average molecular weight is 249 g/mol. The molecule has 1 unspecified atom stereocenters. The lowest BCUT2D eigenvalue weighted by Crippen LogP contribution is -2.01. The Kier molecular flexibility index (Phi) is 3.42. The second-order valence-electron chi connectivity index (χ2n) is 3.08. The maximum Gasteiger partial charge on any atom is 0.255 e. The van der Waals surface area contributed by atoms with Gasteiger partial charge >= 0.3 is 0 Å². The van der Waals surface area contributed by atoms with Gasteiger partial charge in [-0.25, -0.2) is 8.78 Å². The molecular formula is C10H11BrF2. The van der Waals surface area contributed by atoms with Crippen molar-refractivity contribution in [2.45, 2.75) is 25.1 Å². The average Bonchev–Trinajstić information content (AvgIpc) is 2.08. The van der Waals surface area contributed by atoms with Crippen LogP contribution in [-0.2, 0) is 0 Å². The predicted molar refractivity (Wildman–Crippen MR) is 53.6 cm³/mol. The monoisotopic (exact) mass is 248 g/mol. The van der Waals surface area contributed by atoms with E-state index in [2.05, 4.69) is 15.9 Å². The standard InChI is InChI=1S/C10H11BrF2/c1-6-3-4-8(5-7(6)2)9(11)10(12)13/h3-5,9-10H,1-2H3. The van der Waals surface area contributed by atoms with Crippen molar-refractivity contribution in [3.8, 4) is 0 Å². The van der Waals surface area contributed by atoms with Crippen LogP contribution in [0.2, 0.25) is 0 Å². The molecule has 13 heavy (non-hydrogen) atoms. The fraction of sp³-hybridized carbons (Fsp3) is 0.400. The van der Waals surface area contributed by atoms with Crippen molar-refractivity contribution in [1.29, 1.82) is 0 Å². The molecule has 0 aliphatic carbocycles. The lowest BCUT2D eigenvalue weighted by Gasteiger charge is -2.10. The Morgan fingerprint density at radius 2 is 1.77 bits per heavy atom. The van der Waals surface area contributed by atoms with E-state index in [-0.39, 0.29) is 0 Å². The highest BCUT2D eigenvalue weighted by atomic mass is 79.9. The molecule has 0 nitrogen and oxygen atoms in total. The largest absolute Gasteiger partial charge is 0.255 e. The van der Waals surface area contributed by atoms with Gasteiger partial charge in [0.05, 0.1) is 0 Å². The van der Waals surface area contributed by atoms with Gasteiger partial charge in [0.1, 0.15) is 4.83 Å². The van der Waals surface area contributed by atoms with Crippen molar-refractivity contribution >= 4 is 15.9 Å².